The van der Waals surface area contributed by atoms with Gasteiger partial charge in [-0.15, -0.1) is 0 Å². The quantitative estimate of drug-likeness (QED) is 0.646. The summed E-state index contributed by atoms with van der Waals surface area (Å²) in [6.07, 6.45) is 0.0863. The Morgan fingerprint density at radius 1 is 1.00 bits per heavy atom. The Balaban J connectivity index is 2.11. The molecule has 2 rings (SSSR count). The minimum absolute atomic E-state index is 0.673. The fourth-order valence-corrected chi connectivity index (χ4v) is 1.91. The predicted octanol–water partition coefficient (Wildman–Crippen LogP) is 1.77. The Morgan fingerprint density at radius 3 is 1.94 bits per heavy atom. The van der Waals surface area contributed by atoms with Crippen LogP contribution in [0.2, 0.25) is 0 Å². The smallest absolute Gasteiger partial charge is 0.390 e. The first-order valence-corrected chi connectivity index (χ1v) is 6.14. The number of hydrogen-bond donors (Lipinski definition) is 2. The predicted molar refractivity (Wildman–Crippen MR) is 77.0 cm³/mol. The Kier molecular flexibility index (Phi) is 4.09. The molecule has 88 valence electrons. The molecule has 0 unspecified atom stereocenters. The van der Waals surface area contributed by atoms with Crippen LogP contribution in [0.25, 0.3) is 0 Å². The standard InChI is InChI=1S/C14H12BNOS/c16-10-13-3-1-11(2-4-13)9-12-5-7-14(8-6-12)15(17)18/h1-8,17-18H,9H2. The summed E-state index contributed by atoms with van der Waals surface area (Å²) in [6.45, 7) is 0. The fourth-order valence-electron chi connectivity index (χ4n) is 1.74. The van der Waals surface area contributed by atoms with E-state index >= 15 is 0 Å². The summed E-state index contributed by atoms with van der Waals surface area (Å²) in [5.74, 6) is 0. The zero-order valence-corrected chi connectivity index (χ0v) is 10.6. The van der Waals surface area contributed by atoms with Gasteiger partial charge in [0.2, 0.25) is 0 Å². The van der Waals surface area contributed by atoms with Crippen molar-refractivity contribution in [3.63, 3.8) is 0 Å². The summed E-state index contributed by atoms with van der Waals surface area (Å²) in [5, 5.41) is 18.0. The van der Waals surface area contributed by atoms with E-state index in [9.17, 15) is 5.02 Å². The van der Waals surface area contributed by atoms with Gasteiger partial charge in [0.25, 0.3) is 0 Å². The molecule has 0 fully saturated rings. The highest BCUT2D eigenvalue weighted by atomic mass is 32.1. The van der Waals surface area contributed by atoms with Gasteiger partial charge in [0.05, 0.1) is 11.6 Å². The third kappa shape index (κ3) is 3.16. The molecule has 0 amide bonds. The van der Waals surface area contributed by atoms with Crippen LogP contribution < -0.4 is 5.46 Å². The zero-order valence-electron chi connectivity index (χ0n) is 9.74. The van der Waals surface area contributed by atoms with Crippen LogP contribution in [0.5, 0.6) is 0 Å². The van der Waals surface area contributed by atoms with Crippen molar-refractivity contribution in [1.29, 1.82) is 5.26 Å². The molecule has 18 heavy (non-hydrogen) atoms. The summed E-state index contributed by atoms with van der Waals surface area (Å²) in [6, 6.07) is 17.4. The third-order valence-electron chi connectivity index (χ3n) is 2.77. The molecular formula is C14H12BNOS. The van der Waals surface area contributed by atoms with E-state index in [0.29, 0.717) is 5.56 Å². The number of nitrogens with zero attached hydrogens (tertiary/aromatic N) is 1. The van der Waals surface area contributed by atoms with Crippen molar-refractivity contribution in [2.45, 2.75) is 6.42 Å². The Bertz CT molecular complexity index is 558. The number of rotatable bonds is 3. The lowest BCUT2D eigenvalue weighted by atomic mass is 9.86. The lowest BCUT2D eigenvalue weighted by Crippen LogP contribution is -2.23. The average Bonchev–Trinajstić information content (AvgIpc) is 2.40. The highest BCUT2D eigenvalue weighted by molar-refractivity contribution is 8.10. The SMILES string of the molecule is N#Cc1ccc(Cc2ccc(B(O)S)cc2)cc1. The van der Waals surface area contributed by atoms with Crippen molar-refractivity contribution in [1.82, 2.24) is 0 Å². The van der Waals surface area contributed by atoms with Crippen LogP contribution in [0.4, 0.5) is 0 Å². The molecule has 0 atom stereocenters. The molecule has 0 aromatic heterocycles. The summed E-state index contributed by atoms with van der Waals surface area (Å²) in [5.41, 5.74) is 3.79. The monoisotopic (exact) mass is 253 g/mol. The van der Waals surface area contributed by atoms with Crippen molar-refractivity contribution >= 4 is 24.1 Å². The summed E-state index contributed by atoms with van der Waals surface area (Å²) < 4.78 is 0. The van der Waals surface area contributed by atoms with Crippen molar-refractivity contribution in [2.75, 3.05) is 0 Å². The van der Waals surface area contributed by atoms with Crippen LogP contribution in [0.15, 0.2) is 48.5 Å². The van der Waals surface area contributed by atoms with Gasteiger partial charge in [-0.05, 0) is 35.1 Å². The van der Waals surface area contributed by atoms with E-state index < -0.39 is 6.19 Å². The van der Waals surface area contributed by atoms with Crippen LogP contribution >= 0.6 is 12.5 Å². The molecule has 0 aliphatic heterocycles. The zero-order chi connectivity index (χ0) is 13.0. The molecule has 0 saturated heterocycles. The normalized spacial score (nSPS) is 9.83. The van der Waals surface area contributed by atoms with Gasteiger partial charge in [-0.25, -0.2) is 0 Å². The van der Waals surface area contributed by atoms with Gasteiger partial charge in [-0.1, -0.05) is 36.4 Å². The summed E-state index contributed by atoms with van der Waals surface area (Å²) in [4.78, 5) is 0. The average molecular weight is 253 g/mol. The second-order valence-corrected chi connectivity index (χ2v) is 4.59. The van der Waals surface area contributed by atoms with Gasteiger partial charge in [-0.2, -0.15) is 17.7 Å². The van der Waals surface area contributed by atoms with Crippen LogP contribution in [0, 0.1) is 11.3 Å². The second-order valence-electron chi connectivity index (χ2n) is 4.10. The Labute approximate surface area is 112 Å². The third-order valence-corrected chi connectivity index (χ3v) is 3.07. The topological polar surface area (TPSA) is 44.0 Å². The number of benzene rings is 2. The molecule has 0 saturated carbocycles. The molecule has 0 bridgehead atoms. The fraction of sp³-hybridized carbons (Fsp3) is 0.0714. The first-order valence-electron chi connectivity index (χ1n) is 5.63. The number of hydrogen-bond acceptors (Lipinski definition) is 3. The first-order chi connectivity index (χ1) is 8.69. The minimum atomic E-state index is -0.728. The molecule has 1 N–H and O–H groups in total. The molecular weight excluding hydrogens is 241 g/mol. The second kappa shape index (κ2) is 5.77. The lowest BCUT2D eigenvalue weighted by Gasteiger charge is -2.04. The molecule has 2 nitrogen and oxygen atoms in total. The highest BCUT2D eigenvalue weighted by Gasteiger charge is 2.07. The highest BCUT2D eigenvalue weighted by Crippen LogP contribution is 2.10. The molecule has 0 aliphatic carbocycles. The van der Waals surface area contributed by atoms with Crippen molar-refractivity contribution in [3.8, 4) is 6.07 Å². The molecule has 2 aromatic rings. The maximum Gasteiger partial charge on any atom is 0.390 e. The molecule has 0 radical (unpaired) electrons. The first kappa shape index (κ1) is 12.8. The van der Waals surface area contributed by atoms with Crippen LogP contribution in [0.3, 0.4) is 0 Å². The molecule has 4 heteroatoms. The molecule has 0 heterocycles. The minimum Gasteiger partial charge on any atom is -0.438 e. The van der Waals surface area contributed by atoms with Crippen molar-refractivity contribution < 1.29 is 5.02 Å². The Morgan fingerprint density at radius 2 is 1.50 bits per heavy atom. The Hall–Kier alpha value is -1.70. The van der Waals surface area contributed by atoms with E-state index in [0.717, 1.165) is 23.0 Å². The van der Waals surface area contributed by atoms with Crippen molar-refractivity contribution in [3.05, 3.63) is 65.2 Å². The maximum absolute atomic E-state index is 9.30. The van der Waals surface area contributed by atoms with Gasteiger partial charge < -0.3 is 5.02 Å². The van der Waals surface area contributed by atoms with E-state index in [1.54, 1.807) is 0 Å². The lowest BCUT2D eigenvalue weighted by molar-refractivity contribution is 0.609. The van der Waals surface area contributed by atoms with Gasteiger partial charge >= 0.3 is 6.19 Å². The van der Waals surface area contributed by atoms with Crippen molar-refractivity contribution in [2.24, 2.45) is 0 Å². The van der Waals surface area contributed by atoms with E-state index in [1.165, 1.54) is 0 Å². The molecule has 2 aromatic carbocycles. The van der Waals surface area contributed by atoms with Gasteiger partial charge in [0.15, 0.2) is 0 Å². The summed E-state index contributed by atoms with van der Waals surface area (Å²) >= 11 is 3.97. The van der Waals surface area contributed by atoms with Crippen LogP contribution in [0.1, 0.15) is 16.7 Å². The molecule has 0 aliphatic rings. The van der Waals surface area contributed by atoms with Crippen LogP contribution in [-0.4, -0.2) is 11.2 Å². The summed E-state index contributed by atoms with van der Waals surface area (Å²) in [7, 11) is 0. The van der Waals surface area contributed by atoms with Gasteiger partial charge in [0, 0.05) is 0 Å². The van der Waals surface area contributed by atoms with E-state index in [1.807, 2.05) is 48.5 Å². The number of thiol groups is 1. The van der Waals surface area contributed by atoms with Gasteiger partial charge in [0.1, 0.15) is 0 Å². The van der Waals surface area contributed by atoms with Crippen LogP contribution in [-0.2, 0) is 6.42 Å². The van der Waals surface area contributed by atoms with Gasteiger partial charge in [-0.3, -0.25) is 0 Å². The number of nitriles is 1. The van der Waals surface area contributed by atoms with E-state index in [-0.39, 0.29) is 0 Å². The molecule has 0 spiro atoms. The van der Waals surface area contributed by atoms with E-state index in [4.69, 9.17) is 5.26 Å². The van der Waals surface area contributed by atoms with E-state index in [2.05, 4.69) is 18.5 Å². The maximum atomic E-state index is 9.30. The largest absolute Gasteiger partial charge is 0.438 e.